The molecular formula is C11H16ClN5O. The average molecular weight is 270 g/mol. The lowest BCUT2D eigenvalue weighted by Gasteiger charge is -2.17. The number of aromatic nitrogens is 4. The third-order valence-electron chi connectivity index (χ3n) is 2.66. The summed E-state index contributed by atoms with van der Waals surface area (Å²) in [7, 11) is 1.66. The van der Waals surface area contributed by atoms with Crippen LogP contribution in [0, 0.1) is 6.92 Å². The largest absolute Gasteiger partial charge is 0.383 e. The zero-order valence-electron chi connectivity index (χ0n) is 10.4. The molecule has 98 valence electrons. The monoisotopic (exact) mass is 269 g/mol. The van der Waals surface area contributed by atoms with E-state index in [0.717, 1.165) is 12.2 Å². The van der Waals surface area contributed by atoms with E-state index >= 15 is 0 Å². The number of methoxy groups -OCH3 is 1. The Morgan fingerprint density at radius 1 is 1.50 bits per heavy atom. The fraction of sp³-hybridized carbons (Fsp3) is 0.545. The van der Waals surface area contributed by atoms with E-state index in [-0.39, 0.29) is 6.04 Å². The van der Waals surface area contributed by atoms with Crippen molar-refractivity contribution in [3.05, 3.63) is 18.2 Å². The lowest BCUT2D eigenvalue weighted by Crippen LogP contribution is -2.26. The number of hydrogen-bond donors (Lipinski definition) is 1. The summed E-state index contributed by atoms with van der Waals surface area (Å²) >= 11 is 5.77. The van der Waals surface area contributed by atoms with Gasteiger partial charge in [-0.1, -0.05) is 0 Å². The minimum Gasteiger partial charge on any atom is -0.383 e. The summed E-state index contributed by atoms with van der Waals surface area (Å²) in [6.07, 6.45) is 4.35. The Balaban J connectivity index is 2.24. The number of rotatable bonds is 6. The molecule has 0 aliphatic heterocycles. The van der Waals surface area contributed by atoms with Gasteiger partial charge in [0.05, 0.1) is 12.6 Å². The van der Waals surface area contributed by atoms with Crippen LogP contribution in [0.5, 0.6) is 0 Å². The second-order valence-electron chi connectivity index (χ2n) is 3.99. The molecule has 0 saturated carbocycles. The molecule has 0 saturated heterocycles. The average Bonchev–Trinajstić information content (AvgIpc) is 2.73. The van der Waals surface area contributed by atoms with E-state index in [1.165, 1.54) is 0 Å². The molecule has 1 N–H and O–H groups in total. The zero-order valence-corrected chi connectivity index (χ0v) is 11.2. The summed E-state index contributed by atoms with van der Waals surface area (Å²) in [6, 6.07) is 0.114. The number of ether oxygens (including phenoxy) is 1. The molecule has 0 amide bonds. The van der Waals surface area contributed by atoms with Crippen LogP contribution in [0.4, 0.5) is 5.82 Å². The molecule has 0 aromatic carbocycles. The second kappa shape index (κ2) is 5.97. The SMILES string of the molecule is COCC(CCCl)Nc1nccn2c(C)nnc12. The Labute approximate surface area is 110 Å². The van der Waals surface area contributed by atoms with Crippen LogP contribution in [-0.4, -0.2) is 45.2 Å². The van der Waals surface area contributed by atoms with Gasteiger partial charge >= 0.3 is 0 Å². The van der Waals surface area contributed by atoms with Crippen molar-refractivity contribution < 1.29 is 4.74 Å². The molecular weight excluding hydrogens is 254 g/mol. The van der Waals surface area contributed by atoms with Crippen molar-refractivity contribution in [3.8, 4) is 0 Å². The van der Waals surface area contributed by atoms with Gasteiger partial charge in [0.1, 0.15) is 5.82 Å². The maximum absolute atomic E-state index is 5.77. The van der Waals surface area contributed by atoms with Gasteiger partial charge < -0.3 is 10.1 Å². The minimum atomic E-state index is 0.114. The van der Waals surface area contributed by atoms with Crippen molar-refractivity contribution >= 4 is 23.1 Å². The zero-order chi connectivity index (χ0) is 13.0. The Kier molecular flexibility index (Phi) is 4.33. The predicted octanol–water partition coefficient (Wildman–Crippen LogP) is 1.49. The first-order chi connectivity index (χ1) is 8.76. The maximum Gasteiger partial charge on any atom is 0.203 e. The normalized spacial score (nSPS) is 12.8. The number of nitrogens with one attached hydrogen (secondary N) is 1. The Bertz CT molecular complexity index is 509. The number of anilines is 1. The third kappa shape index (κ3) is 2.70. The molecule has 0 aliphatic carbocycles. The van der Waals surface area contributed by atoms with Crippen LogP contribution in [0.25, 0.3) is 5.65 Å². The van der Waals surface area contributed by atoms with E-state index in [4.69, 9.17) is 16.3 Å². The summed E-state index contributed by atoms with van der Waals surface area (Å²) in [5.74, 6) is 2.09. The Morgan fingerprint density at radius 3 is 3.06 bits per heavy atom. The van der Waals surface area contributed by atoms with Crippen molar-refractivity contribution in [3.63, 3.8) is 0 Å². The summed E-state index contributed by atoms with van der Waals surface area (Å²) < 4.78 is 7.04. The van der Waals surface area contributed by atoms with Crippen molar-refractivity contribution in [2.24, 2.45) is 0 Å². The van der Waals surface area contributed by atoms with E-state index in [2.05, 4.69) is 20.5 Å². The molecule has 2 heterocycles. The van der Waals surface area contributed by atoms with E-state index in [1.54, 1.807) is 13.3 Å². The number of halogens is 1. The molecule has 2 aromatic rings. The minimum absolute atomic E-state index is 0.114. The quantitative estimate of drug-likeness (QED) is 0.805. The van der Waals surface area contributed by atoms with Crippen LogP contribution in [0.3, 0.4) is 0 Å². The van der Waals surface area contributed by atoms with Crippen molar-refractivity contribution in [1.29, 1.82) is 0 Å². The van der Waals surface area contributed by atoms with Crippen LogP contribution in [0.1, 0.15) is 12.2 Å². The summed E-state index contributed by atoms with van der Waals surface area (Å²) in [4.78, 5) is 4.29. The molecule has 0 bridgehead atoms. The predicted molar refractivity (Wildman–Crippen MR) is 70.1 cm³/mol. The van der Waals surface area contributed by atoms with Gasteiger partial charge in [-0.2, -0.15) is 0 Å². The first kappa shape index (κ1) is 13.0. The molecule has 2 aromatic heterocycles. The van der Waals surface area contributed by atoms with Crippen molar-refractivity contribution in [1.82, 2.24) is 19.6 Å². The highest BCUT2D eigenvalue weighted by atomic mass is 35.5. The number of fused-ring (bicyclic) bond motifs is 1. The van der Waals surface area contributed by atoms with Crippen molar-refractivity contribution in [2.45, 2.75) is 19.4 Å². The van der Waals surface area contributed by atoms with Crippen LogP contribution < -0.4 is 5.32 Å². The topological polar surface area (TPSA) is 64.3 Å². The number of alkyl halides is 1. The van der Waals surface area contributed by atoms with Crippen LogP contribution in [0.15, 0.2) is 12.4 Å². The van der Waals surface area contributed by atoms with Gasteiger partial charge in [-0.15, -0.1) is 21.8 Å². The number of nitrogens with zero attached hydrogens (tertiary/aromatic N) is 4. The molecule has 0 spiro atoms. The highest BCUT2D eigenvalue weighted by molar-refractivity contribution is 6.17. The molecule has 7 heteroatoms. The highest BCUT2D eigenvalue weighted by Gasteiger charge is 2.13. The van der Waals surface area contributed by atoms with Crippen molar-refractivity contribution in [2.75, 3.05) is 24.9 Å². The van der Waals surface area contributed by atoms with E-state index < -0.39 is 0 Å². The van der Waals surface area contributed by atoms with Gasteiger partial charge in [-0.25, -0.2) is 4.98 Å². The Morgan fingerprint density at radius 2 is 2.33 bits per heavy atom. The second-order valence-corrected chi connectivity index (χ2v) is 4.37. The molecule has 6 nitrogen and oxygen atoms in total. The first-order valence-corrected chi connectivity index (χ1v) is 6.27. The van der Waals surface area contributed by atoms with Crippen LogP contribution in [-0.2, 0) is 4.74 Å². The van der Waals surface area contributed by atoms with Gasteiger partial charge in [0.25, 0.3) is 0 Å². The van der Waals surface area contributed by atoms with Gasteiger partial charge in [0.2, 0.25) is 5.65 Å². The lowest BCUT2D eigenvalue weighted by atomic mass is 10.2. The van der Waals surface area contributed by atoms with E-state index in [9.17, 15) is 0 Å². The summed E-state index contributed by atoms with van der Waals surface area (Å²) in [5.41, 5.74) is 0.714. The Hall–Kier alpha value is -1.40. The smallest absolute Gasteiger partial charge is 0.203 e. The lowest BCUT2D eigenvalue weighted by molar-refractivity contribution is 0.184. The summed E-state index contributed by atoms with van der Waals surface area (Å²) in [5, 5.41) is 11.4. The van der Waals surface area contributed by atoms with Crippen LogP contribution in [0.2, 0.25) is 0 Å². The molecule has 0 fully saturated rings. The molecule has 2 rings (SSSR count). The van der Waals surface area contributed by atoms with E-state index in [0.29, 0.717) is 24.0 Å². The molecule has 1 atom stereocenters. The van der Waals surface area contributed by atoms with Gasteiger partial charge in [-0.05, 0) is 13.3 Å². The number of hydrogen-bond acceptors (Lipinski definition) is 5. The molecule has 0 aliphatic rings. The molecule has 1 unspecified atom stereocenters. The molecule has 18 heavy (non-hydrogen) atoms. The molecule has 0 radical (unpaired) electrons. The van der Waals surface area contributed by atoms with Gasteiger partial charge in [0, 0.05) is 25.4 Å². The fourth-order valence-corrected chi connectivity index (χ4v) is 2.03. The van der Waals surface area contributed by atoms with E-state index in [1.807, 2.05) is 17.5 Å². The fourth-order valence-electron chi connectivity index (χ4n) is 1.77. The van der Waals surface area contributed by atoms with Gasteiger partial charge in [0.15, 0.2) is 5.82 Å². The summed E-state index contributed by atoms with van der Waals surface area (Å²) in [6.45, 7) is 2.47. The number of aryl methyl sites for hydroxylation is 1. The first-order valence-electron chi connectivity index (χ1n) is 5.74. The third-order valence-corrected chi connectivity index (χ3v) is 2.88. The maximum atomic E-state index is 5.77. The standard InChI is InChI=1S/C11H16ClN5O/c1-8-15-16-11-10(13-5-6-17(8)11)14-9(3-4-12)7-18-2/h5-6,9H,3-4,7H2,1-2H3,(H,13,14). The highest BCUT2D eigenvalue weighted by Crippen LogP contribution is 2.14. The van der Waals surface area contributed by atoms with Crippen LogP contribution >= 0.6 is 11.6 Å². The van der Waals surface area contributed by atoms with Gasteiger partial charge in [-0.3, -0.25) is 4.40 Å².